The predicted octanol–water partition coefficient (Wildman–Crippen LogP) is 3.95. The molecule has 2 rings (SSSR count). The molecular formula is C20H25FN2O2. The van der Waals surface area contributed by atoms with Crippen molar-refractivity contribution in [3.63, 3.8) is 0 Å². The summed E-state index contributed by atoms with van der Waals surface area (Å²) in [4.78, 5) is 13.9. The zero-order valence-corrected chi connectivity index (χ0v) is 15.2. The molecule has 0 heterocycles. The van der Waals surface area contributed by atoms with E-state index in [9.17, 15) is 9.18 Å². The number of nitrogens with zero attached hydrogens (tertiary/aromatic N) is 1. The van der Waals surface area contributed by atoms with Crippen molar-refractivity contribution >= 4 is 6.03 Å². The molecule has 0 aromatic heterocycles. The van der Waals surface area contributed by atoms with E-state index in [1.54, 1.807) is 37.3 Å². The van der Waals surface area contributed by atoms with Crippen LogP contribution in [-0.4, -0.2) is 31.6 Å². The Bertz CT molecular complexity index is 731. The van der Waals surface area contributed by atoms with Gasteiger partial charge in [-0.1, -0.05) is 44.2 Å². The molecule has 0 aliphatic heterocycles. The highest BCUT2D eigenvalue weighted by Crippen LogP contribution is 2.24. The molecular weight excluding hydrogens is 319 g/mol. The number of benzene rings is 2. The van der Waals surface area contributed by atoms with E-state index in [1.165, 1.54) is 6.07 Å². The fourth-order valence-electron chi connectivity index (χ4n) is 2.65. The number of hydrogen-bond acceptors (Lipinski definition) is 2. The molecule has 4 nitrogen and oxygen atoms in total. The van der Waals surface area contributed by atoms with Gasteiger partial charge in [-0.3, -0.25) is 0 Å². The number of hydrogen-bond donors (Lipinski definition) is 1. The molecule has 0 spiro atoms. The molecule has 0 unspecified atom stereocenters. The number of urea groups is 1. The van der Waals surface area contributed by atoms with Crippen molar-refractivity contribution in [1.29, 1.82) is 0 Å². The maximum atomic E-state index is 14.0. The molecule has 2 amide bonds. The quantitative estimate of drug-likeness (QED) is 0.862. The fraction of sp³-hybridized carbons (Fsp3) is 0.350. The number of methoxy groups -OCH3 is 1. The molecule has 0 atom stereocenters. The molecule has 25 heavy (non-hydrogen) atoms. The Hall–Kier alpha value is -2.56. The van der Waals surface area contributed by atoms with Gasteiger partial charge in [0.2, 0.25) is 0 Å². The van der Waals surface area contributed by atoms with Gasteiger partial charge in [0, 0.05) is 25.6 Å². The first kappa shape index (κ1) is 18.8. The van der Waals surface area contributed by atoms with Gasteiger partial charge in [0.1, 0.15) is 11.6 Å². The molecule has 0 fully saturated rings. The standard InChI is InChI=1S/C20H25FN2O2/c1-20(2,17-10-5-6-11-18(17)21)14-22-19(24)23(3)13-15-8-7-9-16(12-15)25-4/h5-12H,13-14H2,1-4H3,(H,22,24). The van der Waals surface area contributed by atoms with E-state index in [-0.39, 0.29) is 11.8 Å². The minimum absolute atomic E-state index is 0.202. The van der Waals surface area contributed by atoms with Crippen LogP contribution in [-0.2, 0) is 12.0 Å². The third kappa shape index (κ3) is 4.95. The lowest BCUT2D eigenvalue weighted by Crippen LogP contribution is -2.43. The summed E-state index contributed by atoms with van der Waals surface area (Å²) >= 11 is 0. The molecule has 0 aliphatic carbocycles. The second-order valence-electron chi connectivity index (χ2n) is 6.73. The number of carbonyl (C=O) groups is 1. The zero-order chi connectivity index (χ0) is 18.4. The Labute approximate surface area is 148 Å². The smallest absolute Gasteiger partial charge is 0.317 e. The van der Waals surface area contributed by atoms with Crippen LogP contribution >= 0.6 is 0 Å². The Morgan fingerprint density at radius 3 is 2.60 bits per heavy atom. The second kappa shape index (κ2) is 8.01. The van der Waals surface area contributed by atoms with Gasteiger partial charge in [-0.25, -0.2) is 9.18 Å². The molecule has 2 aromatic rings. The van der Waals surface area contributed by atoms with Crippen LogP contribution in [0.1, 0.15) is 25.0 Å². The van der Waals surface area contributed by atoms with E-state index in [2.05, 4.69) is 5.32 Å². The lowest BCUT2D eigenvalue weighted by Gasteiger charge is -2.27. The first-order valence-electron chi connectivity index (χ1n) is 8.20. The molecule has 0 bridgehead atoms. The molecule has 5 heteroatoms. The molecule has 2 aromatic carbocycles. The van der Waals surface area contributed by atoms with Crippen LogP contribution in [0.25, 0.3) is 0 Å². The van der Waals surface area contributed by atoms with E-state index in [4.69, 9.17) is 4.74 Å². The third-order valence-electron chi connectivity index (χ3n) is 4.19. The number of nitrogens with one attached hydrogen (secondary N) is 1. The van der Waals surface area contributed by atoms with Crippen molar-refractivity contribution in [3.05, 3.63) is 65.5 Å². The van der Waals surface area contributed by atoms with Crippen molar-refractivity contribution < 1.29 is 13.9 Å². The average molecular weight is 344 g/mol. The maximum absolute atomic E-state index is 14.0. The first-order chi connectivity index (χ1) is 11.8. The Balaban J connectivity index is 1.95. The molecule has 1 N–H and O–H groups in total. The lowest BCUT2D eigenvalue weighted by atomic mass is 9.84. The third-order valence-corrected chi connectivity index (χ3v) is 4.19. The lowest BCUT2D eigenvalue weighted by molar-refractivity contribution is 0.204. The van der Waals surface area contributed by atoms with Crippen LogP contribution < -0.4 is 10.1 Å². The van der Waals surface area contributed by atoms with Crippen molar-refractivity contribution in [2.45, 2.75) is 25.8 Å². The number of halogens is 1. The van der Waals surface area contributed by atoms with Crippen LogP contribution in [0.15, 0.2) is 48.5 Å². The van der Waals surface area contributed by atoms with Crippen LogP contribution in [0.5, 0.6) is 5.75 Å². The summed E-state index contributed by atoms with van der Waals surface area (Å²) < 4.78 is 19.2. The normalized spacial score (nSPS) is 11.1. The van der Waals surface area contributed by atoms with Crippen LogP contribution in [0.4, 0.5) is 9.18 Å². The van der Waals surface area contributed by atoms with Crippen molar-refractivity contribution in [2.75, 3.05) is 20.7 Å². The number of amides is 2. The van der Waals surface area contributed by atoms with Gasteiger partial charge in [0.15, 0.2) is 0 Å². The highest BCUT2D eigenvalue weighted by atomic mass is 19.1. The minimum atomic E-state index is -0.502. The number of carbonyl (C=O) groups excluding carboxylic acids is 1. The van der Waals surface area contributed by atoms with E-state index < -0.39 is 5.41 Å². The second-order valence-corrected chi connectivity index (χ2v) is 6.73. The highest BCUT2D eigenvalue weighted by Gasteiger charge is 2.25. The highest BCUT2D eigenvalue weighted by molar-refractivity contribution is 5.74. The van der Waals surface area contributed by atoms with E-state index in [0.29, 0.717) is 18.7 Å². The summed E-state index contributed by atoms with van der Waals surface area (Å²) in [5.74, 6) is 0.499. The topological polar surface area (TPSA) is 41.6 Å². The molecule has 0 radical (unpaired) electrons. The number of ether oxygens (including phenoxy) is 1. The monoisotopic (exact) mass is 344 g/mol. The summed E-state index contributed by atoms with van der Waals surface area (Å²) in [5.41, 5.74) is 1.06. The summed E-state index contributed by atoms with van der Waals surface area (Å²) in [7, 11) is 3.34. The Morgan fingerprint density at radius 2 is 1.92 bits per heavy atom. The van der Waals surface area contributed by atoms with Gasteiger partial charge in [-0.2, -0.15) is 0 Å². The maximum Gasteiger partial charge on any atom is 0.317 e. The van der Waals surface area contributed by atoms with Crippen LogP contribution in [0.2, 0.25) is 0 Å². The van der Waals surface area contributed by atoms with Gasteiger partial charge in [-0.05, 0) is 29.3 Å². The van der Waals surface area contributed by atoms with Gasteiger partial charge in [0.25, 0.3) is 0 Å². The summed E-state index contributed by atoms with van der Waals surface area (Å²) in [5, 5.41) is 2.89. The molecule has 0 aliphatic rings. The summed E-state index contributed by atoms with van der Waals surface area (Å²) in [6.45, 7) is 4.62. The van der Waals surface area contributed by atoms with Gasteiger partial charge < -0.3 is 15.0 Å². The zero-order valence-electron chi connectivity index (χ0n) is 15.2. The predicted molar refractivity (Wildman–Crippen MR) is 97.3 cm³/mol. The van der Waals surface area contributed by atoms with Crippen molar-refractivity contribution in [1.82, 2.24) is 10.2 Å². The molecule has 0 saturated carbocycles. The Morgan fingerprint density at radius 1 is 1.20 bits per heavy atom. The van der Waals surface area contributed by atoms with Crippen molar-refractivity contribution in [2.24, 2.45) is 0 Å². The molecule has 0 saturated heterocycles. The van der Waals surface area contributed by atoms with Gasteiger partial charge >= 0.3 is 6.03 Å². The minimum Gasteiger partial charge on any atom is -0.497 e. The SMILES string of the molecule is COc1cccc(CN(C)C(=O)NCC(C)(C)c2ccccc2F)c1. The summed E-state index contributed by atoms with van der Waals surface area (Å²) in [6.07, 6.45) is 0. The van der Waals surface area contributed by atoms with Crippen molar-refractivity contribution in [3.8, 4) is 5.75 Å². The van der Waals surface area contributed by atoms with E-state index in [0.717, 1.165) is 11.3 Å². The summed E-state index contributed by atoms with van der Waals surface area (Å²) in [6, 6.07) is 14.0. The average Bonchev–Trinajstić information content (AvgIpc) is 2.60. The molecule has 134 valence electrons. The van der Waals surface area contributed by atoms with Gasteiger partial charge in [0.05, 0.1) is 7.11 Å². The van der Waals surface area contributed by atoms with E-state index >= 15 is 0 Å². The van der Waals surface area contributed by atoms with Crippen LogP contribution in [0.3, 0.4) is 0 Å². The Kier molecular flexibility index (Phi) is 6.02. The first-order valence-corrected chi connectivity index (χ1v) is 8.20. The largest absolute Gasteiger partial charge is 0.497 e. The van der Waals surface area contributed by atoms with Gasteiger partial charge in [-0.15, -0.1) is 0 Å². The van der Waals surface area contributed by atoms with E-state index in [1.807, 2.05) is 38.1 Å². The van der Waals surface area contributed by atoms with Crippen LogP contribution in [0, 0.1) is 5.82 Å². The number of rotatable bonds is 6. The fourth-order valence-corrected chi connectivity index (χ4v) is 2.65.